The molecule has 0 aromatic carbocycles. The molecular formula is C14H22N4O. The van der Waals surface area contributed by atoms with Gasteiger partial charge >= 0.3 is 0 Å². The van der Waals surface area contributed by atoms with Gasteiger partial charge in [-0.15, -0.1) is 0 Å². The third-order valence-electron chi connectivity index (χ3n) is 3.56. The zero-order chi connectivity index (χ0) is 14.2. The van der Waals surface area contributed by atoms with Crippen molar-refractivity contribution in [1.29, 1.82) is 0 Å². The van der Waals surface area contributed by atoms with Crippen LogP contribution in [0.4, 0.5) is 5.82 Å². The molecule has 5 heteroatoms. The molecule has 1 saturated heterocycles. The highest BCUT2D eigenvalue weighted by Crippen LogP contribution is 2.26. The van der Waals surface area contributed by atoms with Gasteiger partial charge in [0, 0.05) is 24.8 Å². The summed E-state index contributed by atoms with van der Waals surface area (Å²) >= 11 is 0. The molecule has 104 valence electrons. The van der Waals surface area contributed by atoms with Crippen LogP contribution in [0.25, 0.3) is 0 Å². The summed E-state index contributed by atoms with van der Waals surface area (Å²) in [5, 5.41) is 0. The molecular weight excluding hydrogens is 240 g/mol. The van der Waals surface area contributed by atoms with Crippen molar-refractivity contribution in [3.8, 4) is 0 Å². The van der Waals surface area contributed by atoms with Gasteiger partial charge < -0.3 is 16.4 Å². The summed E-state index contributed by atoms with van der Waals surface area (Å²) in [5.74, 6) is 0.755. The van der Waals surface area contributed by atoms with Crippen molar-refractivity contribution in [2.24, 2.45) is 17.4 Å². The summed E-state index contributed by atoms with van der Waals surface area (Å²) in [6, 6.07) is 2.00. The van der Waals surface area contributed by atoms with Gasteiger partial charge in [0.1, 0.15) is 5.82 Å². The van der Waals surface area contributed by atoms with Gasteiger partial charge in [-0.05, 0) is 37.8 Å². The van der Waals surface area contributed by atoms with Crippen LogP contribution in [-0.4, -0.2) is 30.0 Å². The molecule has 1 aromatic rings. The van der Waals surface area contributed by atoms with Crippen molar-refractivity contribution in [3.63, 3.8) is 0 Å². The molecule has 2 atom stereocenters. The summed E-state index contributed by atoms with van der Waals surface area (Å²) < 4.78 is 0. The van der Waals surface area contributed by atoms with E-state index in [0.29, 0.717) is 17.3 Å². The van der Waals surface area contributed by atoms with E-state index in [9.17, 15) is 4.79 Å². The quantitative estimate of drug-likeness (QED) is 0.831. The molecule has 0 radical (unpaired) electrons. The van der Waals surface area contributed by atoms with Crippen LogP contribution in [0, 0.1) is 19.8 Å². The Hall–Kier alpha value is -1.62. The summed E-state index contributed by atoms with van der Waals surface area (Å²) in [4.78, 5) is 18.3. The lowest BCUT2D eigenvalue weighted by Gasteiger charge is -2.36. The molecule has 1 amide bonds. The number of amides is 1. The van der Waals surface area contributed by atoms with E-state index in [1.807, 2.05) is 19.9 Å². The predicted octanol–water partition coefficient (Wildman–Crippen LogP) is 0.971. The van der Waals surface area contributed by atoms with Gasteiger partial charge in [-0.1, -0.05) is 6.92 Å². The number of carbonyl (C=O) groups is 1. The van der Waals surface area contributed by atoms with E-state index in [4.69, 9.17) is 11.5 Å². The Morgan fingerprint density at radius 1 is 1.42 bits per heavy atom. The molecule has 1 fully saturated rings. The Morgan fingerprint density at radius 3 is 2.68 bits per heavy atom. The van der Waals surface area contributed by atoms with Crippen LogP contribution < -0.4 is 16.4 Å². The summed E-state index contributed by atoms with van der Waals surface area (Å²) in [6.45, 7) is 7.57. The highest BCUT2D eigenvalue weighted by molar-refractivity contribution is 5.99. The van der Waals surface area contributed by atoms with Crippen LogP contribution >= 0.6 is 0 Å². The van der Waals surface area contributed by atoms with E-state index in [0.717, 1.165) is 30.8 Å². The van der Waals surface area contributed by atoms with Gasteiger partial charge in [-0.25, -0.2) is 4.98 Å². The van der Waals surface area contributed by atoms with E-state index >= 15 is 0 Å². The van der Waals surface area contributed by atoms with Gasteiger partial charge in [0.05, 0.1) is 5.56 Å². The number of hydrogen-bond donors (Lipinski definition) is 2. The minimum absolute atomic E-state index is 0.118. The summed E-state index contributed by atoms with van der Waals surface area (Å²) in [5.41, 5.74) is 13.9. The van der Waals surface area contributed by atoms with Crippen LogP contribution in [0.15, 0.2) is 6.07 Å². The van der Waals surface area contributed by atoms with Crippen LogP contribution in [0.5, 0.6) is 0 Å². The Morgan fingerprint density at radius 2 is 2.11 bits per heavy atom. The van der Waals surface area contributed by atoms with Gasteiger partial charge in [0.25, 0.3) is 5.91 Å². The summed E-state index contributed by atoms with van der Waals surface area (Å²) in [6.07, 6.45) is 1.01. The van der Waals surface area contributed by atoms with Crippen molar-refractivity contribution < 1.29 is 4.79 Å². The lowest BCUT2D eigenvalue weighted by atomic mass is 9.95. The number of primary amides is 1. The number of nitrogens with zero attached hydrogens (tertiary/aromatic N) is 2. The van der Waals surface area contributed by atoms with Crippen LogP contribution in [0.2, 0.25) is 0 Å². The van der Waals surface area contributed by atoms with E-state index in [2.05, 4.69) is 16.8 Å². The molecule has 2 unspecified atom stereocenters. The van der Waals surface area contributed by atoms with Gasteiger partial charge in [0.15, 0.2) is 0 Å². The second-order valence-electron chi connectivity index (χ2n) is 5.65. The number of anilines is 1. The maximum atomic E-state index is 11.7. The fraction of sp³-hybridized carbons (Fsp3) is 0.571. The molecule has 19 heavy (non-hydrogen) atoms. The molecule has 1 aliphatic heterocycles. The molecule has 2 heterocycles. The maximum Gasteiger partial charge on any atom is 0.252 e. The Kier molecular flexibility index (Phi) is 3.75. The van der Waals surface area contributed by atoms with Crippen molar-refractivity contribution in [2.75, 3.05) is 18.0 Å². The lowest BCUT2D eigenvalue weighted by Crippen LogP contribution is -2.47. The Balaban J connectivity index is 2.45. The van der Waals surface area contributed by atoms with Crippen LogP contribution in [-0.2, 0) is 0 Å². The molecule has 2 rings (SSSR count). The molecule has 0 saturated carbocycles. The van der Waals surface area contributed by atoms with Gasteiger partial charge in [-0.3, -0.25) is 4.79 Å². The number of pyridine rings is 1. The fourth-order valence-corrected chi connectivity index (χ4v) is 2.92. The van der Waals surface area contributed by atoms with E-state index in [1.54, 1.807) is 0 Å². The third kappa shape index (κ3) is 2.87. The highest BCUT2D eigenvalue weighted by Gasteiger charge is 2.27. The maximum absolute atomic E-state index is 11.7. The summed E-state index contributed by atoms with van der Waals surface area (Å²) in [7, 11) is 0. The number of piperidine rings is 1. The van der Waals surface area contributed by atoms with Crippen molar-refractivity contribution in [1.82, 2.24) is 4.98 Å². The minimum atomic E-state index is -0.424. The van der Waals surface area contributed by atoms with Gasteiger partial charge in [-0.2, -0.15) is 0 Å². The van der Waals surface area contributed by atoms with E-state index in [1.165, 1.54) is 0 Å². The number of aromatic nitrogens is 1. The molecule has 0 spiro atoms. The fourth-order valence-electron chi connectivity index (χ4n) is 2.92. The first kappa shape index (κ1) is 13.8. The Bertz CT molecular complexity index is 490. The number of carbonyl (C=O) groups excluding carboxylic acids is 1. The molecule has 1 aromatic heterocycles. The SMILES string of the molecule is Cc1cc(C)c(C(N)=O)c(N2CC(C)CC(N)C2)n1. The van der Waals surface area contributed by atoms with Crippen molar-refractivity contribution in [2.45, 2.75) is 33.2 Å². The number of aryl methyl sites for hydroxylation is 2. The zero-order valence-electron chi connectivity index (χ0n) is 11.8. The van der Waals surface area contributed by atoms with Crippen LogP contribution in [0.1, 0.15) is 35.0 Å². The lowest BCUT2D eigenvalue weighted by molar-refractivity contribution is 0.0999. The third-order valence-corrected chi connectivity index (χ3v) is 3.56. The smallest absolute Gasteiger partial charge is 0.252 e. The van der Waals surface area contributed by atoms with Crippen molar-refractivity contribution >= 4 is 11.7 Å². The molecule has 5 nitrogen and oxygen atoms in total. The number of hydrogen-bond acceptors (Lipinski definition) is 4. The molecule has 0 aliphatic carbocycles. The number of rotatable bonds is 2. The normalized spacial score (nSPS) is 23.5. The standard InChI is InChI=1S/C14H22N4O/c1-8-4-11(15)7-18(6-8)14-12(13(16)19)9(2)5-10(3)17-14/h5,8,11H,4,6-7,15H2,1-3H3,(H2,16,19). The molecule has 0 bridgehead atoms. The number of nitrogens with two attached hydrogens (primary N) is 2. The first-order chi connectivity index (χ1) is 8.88. The highest BCUT2D eigenvalue weighted by atomic mass is 16.1. The first-order valence-corrected chi connectivity index (χ1v) is 6.67. The van der Waals surface area contributed by atoms with Gasteiger partial charge in [0.2, 0.25) is 0 Å². The largest absolute Gasteiger partial charge is 0.365 e. The van der Waals surface area contributed by atoms with Crippen molar-refractivity contribution in [3.05, 3.63) is 22.9 Å². The Labute approximate surface area is 114 Å². The topological polar surface area (TPSA) is 85.2 Å². The average molecular weight is 262 g/mol. The first-order valence-electron chi connectivity index (χ1n) is 6.67. The molecule has 4 N–H and O–H groups in total. The van der Waals surface area contributed by atoms with E-state index in [-0.39, 0.29) is 6.04 Å². The second kappa shape index (κ2) is 5.17. The monoisotopic (exact) mass is 262 g/mol. The second-order valence-corrected chi connectivity index (χ2v) is 5.65. The predicted molar refractivity (Wildman–Crippen MR) is 76.2 cm³/mol. The van der Waals surface area contributed by atoms with Crippen LogP contribution in [0.3, 0.4) is 0 Å². The zero-order valence-corrected chi connectivity index (χ0v) is 11.8. The molecule has 1 aliphatic rings. The van der Waals surface area contributed by atoms with E-state index < -0.39 is 5.91 Å². The average Bonchev–Trinajstić information content (AvgIpc) is 2.25. The minimum Gasteiger partial charge on any atom is -0.365 e.